The van der Waals surface area contributed by atoms with Gasteiger partial charge in [0.15, 0.2) is 24.0 Å². The van der Waals surface area contributed by atoms with Gasteiger partial charge >= 0.3 is 0 Å². The van der Waals surface area contributed by atoms with Crippen LogP contribution in [0.15, 0.2) is 61.1 Å². The van der Waals surface area contributed by atoms with Crippen LogP contribution >= 0.6 is 0 Å². The molecule has 1 unspecified atom stereocenters. The van der Waals surface area contributed by atoms with E-state index in [-0.39, 0.29) is 48.4 Å². The number of carbonyl (C=O) groups is 1. The van der Waals surface area contributed by atoms with Crippen molar-refractivity contribution in [1.82, 2.24) is 4.98 Å². The van der Waals surface area contributed by atoms with E-state index in [1.165, 1.54) is 42.9 Å². The lowest BCUT2D eigenvalue weighted by Crippen LogP contribution is -2.38. The number of hydrogen-bond donors (Lipinski definition) is 1. The first-order valence-corrected chi connectivity index (χ1v) is 11.1. The summed E-state index contributed by atoms with van der Waals surface area (Å²) < 4.78 is 61.9. The molecular weight excluding hydrogens is 466 g/mol. The average Bonchev–Trinajstić information content (AvgIpc) is 2.82. The van der Waals surface area contributed by atoms with Gasteiger partial charge in [-0.25, -0.2) is 22.5 Å². The number of aromatic nitrogens is 2. The summed E-state index contributed by atoms with van der Waals surface area (Å²) in [4.78, 5) is 16.9. The first-order valence-electron chi connectivity index (χ1n) is 11.1. The highest BCUT2D eigenvalue weighted by Gasteiger charge is 2.47. The van der Waals surface area contributed by atoms with Crippen LogP contribution in [0, 0.1) is 28.7 Å². The summed E-state index contributed by atoms with van der Waals surface area (Å²) in [6.07, 6.45) is 3.60. The highest BCUT2D eigenvalue weighted by Crippen LogP contribution is 2.48. The minimum atomic E-state index is -2.93. The van der Waals surface area contributed by atoms with Crippen molar-refractivity contribution in [2.75, 3.05) is 5.32 Å². The van der Waals surface area contributed by atoms with E-state index >= 15 is 0 Å². The fourth-order valence-electron chi connectivity index (χ4n) is 4.29. The van der Waals surface area contributed by atoms with Crippen molar-refractivity contribution in [3.8, 4) is 11.5 Å². The van der Waals surface area contributed by atoms with Crippen LogP contribution in [0.25, 0.3) is 0 Å². The zero-order valence-corrected chi connectivity index (χ0v) is 18.8. The molecular formula is C25H23F4N3O3. The summed E-state index contributed by atoms with van der Waals surface area (Å²) in [6.45, 7) is 1.69. The van der Waals surface area contributed by atoms with Crippen molar-refractivity contribution in [1.29, 1.82) is 0 Å². The van der Waals surface area contributed by atoms with Crippen molar-refractivity contribution in [2.24, 2.45) is 11.8 Å². The van der Waals surface area contributed by atoms with Gasteiger partial charge in [-0.1, -0.05) is 6.92 Å². The van der Waals surface area contributed by atoms with Crippen LogP contribution in [0.4, 0.5) is 23.4 Å². The first kappa shape index (κ1) is 24.4. The van der Waals surface area contributed by atoms with Gasteiger partial charge in [0.05, 0.1) is 6.20 Å². The van der Waals surface area contributed by atoms with Gasteiger partial charge in [0.2, 0.25) is 5.91 Å². The number of nitrogens with one attached hydrogen (secondary N) is 1. The maximum atomic E-state index is 14.6. The normalized spacial score (nSPS) is 20.1. The van der Waals surface area contributed by atoms with Crippen molar-refractivity contribution >= 4 is 11.7 Å². The number of rotatable bonds is 6. The Balaban J connectivity index is 1.39. The molecule has 6 nitrogen and oxygen atoms in total. The van der Waals surface area contributed by atoms with Crippen molar-refractivity contribution in [2.45, 2.75) is 38.0 Å². The molecule has 0 saturated heterocycles. The Morgan fingerprint density at radius 2 is 1.94 bits per heavy atom. The number of halogens is 4. The first-order chi connectivity index (χ1) is 16.6. The topological polar surface area (TPSA) is 78.2 Å². The van der Waals surface area contributed by atoms with Crippen molar-refractivity contribution in [3.05, 3.63) is 83.5 Å². The van der Waals surface area contributed by atoms with Gasteiger partial charge in [-0.3, -0.25) is 4.79 Å². The van der Waals surface area contributed by atoms with Gasteiger partial charge < -0.3 is 15.3 Å². The van der Waals surface area contributed by atoms with Crippen LogP contribution in [0.1, 0.15) is 37.7 Å². The Kier molecular flexibility index (Phi) is 6.90. The van der Waals surface area contributed by atoms with Crippen molar-refractivity contribution in [3.63, 3.8) is 0 Å². The summed E-state index contributed by atoms with van der Waals surface area (Å²) in [5, 5.41) is 13.9. The second kappa shape index (κ2) is 9.89. The minimum absolute atomic E-state index is 0.105. The monoisotopic (exact) mass is 489 g/mol. The molecule has 35 heavy (non-hydrogen) atoms. The molecule has 184 valence electrons. The van der Waals surface area contributed by atoms with E-state index in [9.17, 15) is 27.6 Å². The molecule has 3 atom stereocenters. The van der Waals surface area contributed by atoms with Gasteiger partial charge in [-0.2, -0.15) is 4.73 Å². The highest BCUT2D eigenvalue weighted by molar-refractivity contribution is 5.91. The number of nitrogens with zero attached hydrogens (tertiary/aromatic N) is 2. The molecule has 10 heteroatoms. The Bertz CT molecular complexity index is 1190. The van der Waals surface area contributed by atoms with Gasteiger partial charge in [0, 0.05) is 36.5 Å². The van der Waals surface area contributed by atoms with E-state index in [1.807, 2.05) is 0 Å². The SMILES string of the molecule is CC(C(=O)Nc1ccc(Oc2ccc(F)cc2F)cn1)[C@H]1CCC(F)(F)[C@@H](c2cc[n+]([O-])cc2)C1. The Hall–Kier alpha value is -3.69. The van der Waals surface area contributed by atoms with E-state index in [0.29, 0.717) is 16.4 Å². The zero-order valence-electron chi connectivity index (χ0n) is 18.8. The number of alkyl halides is 2. The number of amides is 1. The number of hydrogen-bond acceptors (Lipinski definition) is 4. The second-order valence-corrected chi connectivity index (χ2v) is 8.67. The summed E-state index contributed by atoms with van der Waals surface area (Å²) in [6, 6.07) is 8.62. The van der Waals surface area contributed by atoms with E-state index in [2.05, 4.69) is 10.3 Å². The minimum Gasteiger partial charge on any atom is -0.619 e. The highest BCUT2D eigenvalue weighted by atomic mass is 19.3. The van der Waals surface area contributed by atoms with E-state index < -0.39 is 29.4 Å². The molecule has 3 aromatic rings. The molecule has 0 bridgehead atoms. The maximum absolute atomic E-state index is 14.6. The molecule has 1 aliphatic carbocycles. The second-order valence-electron chi connectivity index (χ2n) is 8.67. The molecule has 1 saturated carbocycles. The Morgan fingerprint density at radius 3 is 2.60 bits per heavy atom. The molecule has 0 aliphatic heterocycles. The number of carbonyl (C=O) groups excluding carboxylic acids is 1. The molecule has 0 spiro atoms. The van der Waals surface area contributed by atoms with Crippen LogP contribution < -0.4 is 14.8 Å². The number of ether oxygens (including phenoxy) is 1. The third kappa shape index (κ3) is 5.70. The predicted octanol–water partition coefficient (Wildman–Crippen LogP) is 5.58. The van der Waals surface area contributed by atoms with Gasteiger partial charge in [0.1, 0.15) is 17.4 Å². The van der Waals surface area contributed by atoms with E-state index in [4.69, 9.17) is 4.74 Å². The molecule has 0 radical (unpaired) electrons. The van der Waals surface area contributed by atoms with Crippen LogP contribution in [0.3, 0.4) is 0 Å². The summed E-state index contributed by atoms with van der Waals surface area (Å²) in [5.41, 5.74) is 0.370. The third-order valence-corrected chi connectivity index (χ3v) is 6.36. The smallest absolute Gasteiger partial charge is 0.254 e. The molecule has 1 amide bonds. The fraction of sp³-hybridized carbons (Fsp3) is 0.320. The predicted molar refractivity (Wildman–Crippen MR) is 119 cm³/mol. The van der Waals surface area contributed by atoms with Crippen molar-refractivity contribution < 1.29 is 31.8 Å². The summed E-state index contributed by atoms with van der Waals surface area (Å²) in [5.74, 6) is -6.60. The van der Waals surface area contributed by atoms with Crippen LogP contribution in [-0.4, -0.2) is 16.8 Å². The molecule has 1 fully saturated rings. The van der Waals surface area contributed by atoms with Gasteiger partial charge in [0.25, 0.3) is 5.92 Å². The molecule has 2 heterocycles. The number of benzene rings is 1. The van der Waals surface area contributed by atoms with E-state index in [1.54, 1.807) is 6.92 Å². The summed E-state index contributed by atoms with van der Waals surface area (Å²) in [7, 11) is 0. The largest absolute Gasteiger partial charge is 0.619 e. The molecule has 1 aromatic carbocycles. The quantitative estimate of drug-likeness (QED) is 0.279. The standard InChI is InChI=1S/C25H23F4N3O3/c1-15(17-6-9-25(28,29)20(12-17)16-7-10-32(34)11-8-16)24(33)31-23-5-3-19(14-30-23)35-22-4-2-18(26)13-21(22)27/h2-5,7-8,10-11,13-15,17,20H,6,9,12H2,1H3,(H,30,31,33)/t15?,17-,20+/m0/s1. The lowest BCUT2D eigenvalue weighted by atomic mass is 9.71. The van der Waals surface area contributed by atoms with Crippen LogP contribution in [0.2, 0.25) is 0 Å². The fourth-order valence-corrected chi connectivity index (χ4v) is 4.29. The molecule has 1 aliphatic rings. The Morgan fingerprint density at radius 1 is 1.20 bits per heavy atom. The van der Waals surface area contributed by atoms with Crippen LogP contribution in [-0.2, 0) is 4.79 Å². The zero-order chi connectivity index (χ0) is 25.2. The maximum Gasteiger partial charge on any atom is 0.254 e. The molecule has 4 rings (SSSR count). The number of pyridine rings is 2. The van der Waals surface area contributed by atoms with E-state index in [0.717, 1.165) is 12.1 Å². The van der Waals surface area contributed by atoms with Crippen LogP contribution in [0.5, 0.6) is 11.5 Å². The van der Waals surface area contributed by atoms with Gasteiger partial charge in [-0.15, -0.1) is 0 Å². The lowest BCUT2D eigenvalue weighted by Gasteiger charge is -2.38. The number of anilines is 1. The lowest BCUT2D eigenvalue weighted by molar-refractivity contribution is -0.605. The average molecular weight is 489 g/mol. The summed E-state index contributed by atoms with van der Waals surface area (Å²) >= 11 is 0. The molecule has 1 N–H and O–H groups in total. The van der Waals surface area contributed by atoms with Gasteiger partial charge in [-0.05, 0) is 48.6 Å². The Labute approximate surface area is 199 Å². The molecule has 2 aromatic heterocycles. The third-order valence-electron chi connectivity index (χ3n) is 6.36.